The predicted octanol–water partition coefficient (Wildman–Crippen LogP) is 2.12. The van der Waals surface area contributed by atoms with Crippen molar-refractivity contribution < 1.29 is 9.53 Å². The van der Waals surface area contributed by atoms with Gasteiger partial charge in [0.15, 0.2) is 0 Å². The molecular formula is C15H22N2O2S. The molecule has 3 heterocycles. The van der Waals surface area contributed by atoms with Crippen molar-refractivity contribution in [3.05, 3.63) is 22.4 Å². The van der Waals surface area contributed by atoms with Gasteiger partial charge in [-0.1, -0.05) is 0 Å². The van der Waals surface area contributed by atoms with E-state index in [1.807, 2.05) is 16.8 Å². The Balaban J connectivity index is 1.40. The van der Waals surface area contributed by atoms with Crippen LogP contribution in [0.4, 0.5) is 0 Å². The van der Waals surface area contributed by atoms with Crippen LogP contribution in [0.5, 0.6) is 0 Å². The highest BCUT2D eigenvalue weighted by molar-refractivity contribution is 7.08. The lowest BCUT2D eigenvalue weighted by Gasteiger charge is -2.33. The Kier molecular flexibility index (Phi) is 4.70. The molecule has 0 spiro atoms. The van der Waals surface area contributed by atoms with Gasteiger partial charge in [0, 0.05) is 43.2 Å². The summed E-state index contributed by atoms with van der Waals surface area (Å²) in [6.45, 7) is 4.12. The van der Waals surface area contributed by atoms with E-state index in [1.54, 1.807) is 11.3 Å². The van der Waals surface area contributed by atoms with Crippen molar-refractivity contribution >= 4 is 17.2 Å². The highest BCUT2D eigenvalue weighted by Crippen LogP contribution is 2.17. The molecule has 0 saturated carbocycles. The molecule has 1 aromatic heterocycles. The lowest BCUT2D eigenvalue weighted by Crippen LogP contribution is -2.46. The molecule has 1 N–H and O–H groups in total. The predicted molar refractivity (Wildman–Crippen MR) is 80.2 cm³/mol. The second kappa shape index (κ2) is 6.70. The molecule has 3 rings (SSSR count). The average Bonchev–Trinajstić information content (AvgIpc) is 3.13. The zero-order valence-corrected chi connectivity index (χ0v) is 12.5. The van der Waals surface area contributed by atoms with Crippen LogP contribution in [0.2, 0.25) is 0 Å². The van der Waals surface area contributed by atoms with Crippen LogP contribution < -0.4 is 5.32 Å². The van der Waals surface area contributed by atoms with E-state index < -0.39 is 0 Å². The number of likely N-dealkylation sites (tertiary alicyclic amines) is 1. The number of nitrogens with one attached hydrogen (secondary N) is 1. The van der Waals surface area contributed by atoms with Gasteiger partial charge in [0.05, 0.1) is 6.10 Å². The Labute approximate surface area is 124 Å². The molecule has 110 valence electrons. The van der Waals surface area contributed by atoms with E-state index >= 15 is 0 Å². The van der Waals surface area contributed by atoms with Crippen molar-refractivity contribution in [1.82, 2.24) is 10.2 Å². The molecule has 1 aromatic rings. The first-order valence-electron chi connectivity index (χ1n) is 7.48. The number of piperidine rings is 1. The van der Waals surface area contributed by atoms with Crippen LogP contribution in [-0.2, 0) is 4.74 Å². The molecule has 20 heavy (non-hydrogen) atoms. The third kappa shape index (κ3) is 3.59. The summed E-state index contributed by atoms with van der Waals surface area (Å²) in [5, 5.41) is 6.99. The fourth-order valence-electron chi connectivity index (χ4n) is 3.00. The number of rotatable bonds is 4. The average molecular weight is 294 g/mol. The summed E-state index contributed by atoms with van der Waals surface area (Å²) in [4.78, 5) is 14.5. The third-order valence-corrected chi connectivity index (χ3v) is 4.88. The number of carbonyl (C=O) groups is 1. The number of hydrogen-bond donors (Lipinski definition) is 1. The Bertz CT molecular complexity index is 421. The molecule has 0 radical (unpaired) electrons. The second-order valence-electron chi connectivity index (χ2n) is 5.70. The van der Waals surface area contributed by atoms with Gasteiger partial charge in [0.25, 0.3) is 5.91 Å². The van der Waals surface area contributed by atoms with E-state index in [-0.39, 0.29) is 5.91 Å². The molecule has 1 amide bonds. The maximum atomic E-state index is 12.0. The van der Waals surface area contributed by atoms with Crippen molar-refractivity contribution in [2.75, 3.05) is 26.2 Å². The molecule has 2 fully saturated rings. The summed E-state index contributed by atoms with van der Waals surface area (Å²) in [5.74, 6) is 0.0730. The Morgan fingerprint density at radius 2 is 2.25 bits per heavy atom. The number of thiophene rings is 1. The molecule has 2 aliphatic rings. The molecule has 4 nitrogen and oxygen atoms in total. The van der Waals surface area contributed by atoms with Gasteiger partial charge in [-0.25, -0.2) is 0 Å². The first-order chi connectivity index (χ1) is 9.81. The molecule has 0 unspecified atom stereocenters. The van der Waals surface area contributed by atoms with Crippen molar-refractivity contribution in [3.63, 3.8) is 0 Å². The number of amides is 1. The molecule has 0 bridgehead atoms. The molecule has 1 atom stereocenters. The largest absolute Gasteiger partial charge is 0.377 e. The van der Waals surface area contributed by atoms with E-state index in [2.05, 4.69) is 10.2 Å². The molecule has 0 aromatic carbocycles. The first-order valence-corrected chi connectivity index (χ1v) is 8.42. The van der Waals surface area contributed by atoms with Gasteiger partial charge in [-0.05, 0) is 37.1 Å². The van der Waals surface area contributed by atoms with Crippen LogP contribution in [0.3, 0.4) is 0 Å². The van der Waals surface area contributed by atoms with Gasteiger partial charge < -0.3 is 15.0 Å². The molecule has 2 saturated heterocycles. The minimum atomic E-state index is 0.0730. The number of nitrogens with zero attached hydrogens (tertiary/aromatic N) is 1. The van der Waals surface area contributed by atoms with Gasteiger partial charge in [-0.3, -0.25) is 4.79 Å². The van der Waals surface area contributed by atoms with E-state index in [0.717, 1.165) is 44.6 Å². The first kappa shape index (κ1) is 14.0. The Morgan fingerprint density at radius 1 is 1.40 bits per heavy atom. The fraction of sp³-hybridized carbons (Fsp3) is 0.667. The van der Waals surface area contributed by atoms with Gasteiger partial charge in [0.2, 0.25) is 0 Å². The van der Waals surface area contributed by atoms with Gasteiger partial charge in [-0.15, -0.1) is 0 Å². The van der Waals surface area contributed by atoms with Crippen molar-refractivity contribution in [2.45, 2.75) is 37.8 Å². The van der Waals surface area contributed by atoms with Gasteiger partial charge in [-0.2, -0.15) is 11.3 Å². The standard InChI is InChI=1S/C15H22N2O2S/c18-15(12-5-9-20-11-12)16-13-3-6-17(7-4-13)10-14-2-1-8-19-14/h5,9,11,13-14H,1-4,6-8,10H2,(H,16,18)/t14-/m0/s1. The summed E-state index contributed by atoms with van der Waals surface area (Å²) in [6.07, 6.45) is 4.93. The highest BCUT2D eigenvalue weighted by Gasteiger charge is 2.24. The molecule has 0 aliphatic carbocycles. The topological polar surface area (TPSA) is 41.6 Å². The van der Waals surface area contributed by atoms with E-state index in [4.69, 9.17) is 4.74 Å². The van der Waals surface area contributed by atoms with Crippen LogP contribution in [0, 0.1) is 0 Å². The van der Waals surface area contributed by atoms with Gasteiger partial charge >= 0.3 is 0 Å². The molecule has 2 aliphatic heterocycles. The summed E-state index contributed by atoms with van der Waals surface area (Å²) < 4.78 is 5.69. The molecular weight excluding hydrogens is 272 g/mol. The van der Waals surface area contributed by atoms with E-state index in [0.29, 0.717) is 12.1 Å². The smallest absolute Gasteiger partial charge is 0.252 e. The summed E-state index contributed by atoms with van der Waals surface area (Å²) in [5.41, 5.74) is 0.789. The zero-order chi connectivity index (χ0) is 13.8. The van der Waals surface area contributed by atoms with Crippen molar-refractivity contribution in [1.29, 1.82) is 0 Å². The van der Waals surface area contributed by atoms with Crippen LogP contribution in [0.1, 0.15) is 36.0 Å². The van der Waals surface area contributed by atoms with Crippen LogP contribution in [0.15, 0.2) is 16.8 Å². The number of carbonyl (C=O) groups excluding carboxylic acids is 1. The lowest BCUT2D eigenvalue weighted by molar-refractivity contribution is 0.0613. The zero-order valence-electron chi connectivity index (χ0n) is 11.7. The SMILES string of the molecule is O=C(NC1CCN(C[C@@H]2CCCO2)CC1)c1ccsc1. The Hall–Kier alpha value is -0.910. The van der Waals surface area contributed by atoms with Crippen molar-refractivity contribution in [2.24, 2.45) is 0 Å². The number of hydrogen-bond acceptors (Lipinski definition) is 4. The lowest BCUT2D eigenvalue weighted by atomic mass is 10.0. The third-order valence-electron chi connectivity index (χ3n) is 4.19. The van der Waals surface area contributed by atoms with Crippen LogP contribution in [0.25, 0.3) is 0 Å². The minimum Gasteiger partial charge on any atom is -0.377 e. The van der Waals surface area contributed by atoms with Crippen LogP contribution >= 0.6 is 11.3 Å². The normalized spacial score (nSPS) is 24.9. The summed E-state index contributed by atoms with van der Waals surface area (Å²) in [7, 11) is 0. The maximum absolute atomic E-state index is 12.0. The second-order valence-corrected chi connectivity index (χ2v) is 6.48. The van der Waals surface area contributed by atoms with Crippen LogP contribution in [-0.4, -0.2) is 49.2 Å². The quantitative estimate of drug-likeness (QED) is 0.925. The maximum Gasteiger partial charge on any atom is 0.252 e. The summed E-state index contributed by atoms with van der Waals surface area (Å²) in [6, 6.07) is 2.20. The summed E-state index contributed by atoms with van der Waals surface area (Å²) >= 11 is 1.57. The Morgan fingerprint density at radius 3 is 2.90 bits per heavy atom. The number of ether oxygens (including phenoxy) is 1. The molecule has 5 heteroatoms. The van der Waals surface area contributed by atoms with Crippen molar-refractivity contribution in [3.8, 4) is 0 Å². The highest BCUT2D eigenvalue weighted by atomic mass is 32.1. The van der Waals surface area contributed by atoms with E-state index in [1.165, 1.54) is 12.8 Å². The van der Waals surface area contributed by atoms with E-state index in [9.17, 15) is 4.79 Å². The minimum absolute atomic E-state index is 0.0730. The fourth-order valence-corrected chi connectivity index (χ4v) is 3.63. The van der Waals surface area contributed by atoms with Gasteiger partial charge in [0.1, 0.15) is 0 Å². The monoisotopic (exact) mass is 294 g/mol.